The summed E-state index contributed by atoms with van der Waals surface area (Å²) in [6.07, 6.45) is 0.945. The SMILES string of the molecule is CCc1cc2c(OCCO)nc(N)nc2s1. The number of fused-ring (bicyclic) bond motifs is 1. The first-order chi connectivity index (χ1) is 7.74. The van der Waals surface area contributed by atoms with Crippen LogP contribution >= 0.6 is 11.3 Å². The zero-order valence-corrected chi connectivity index (χ0v) is 9.75. The Bertz CT molecular complexity index is 498. The molecule has 0 aliphatic carbocycles. The van der Waals surface area contributed by atoms with Crippen LogP contribution in [0.15, 0.2) is 6.07 Å². The zero-order chi connectivity index (χ0) is 11.5. The number of aliphatic hydroxyl groups is 1. The van der Waals surface area contributed by atoms with Crippen molar-refractivity contribution in [1.29, 1.82) is 0 Å². The average Bonchev–Trinajstić information content (AvgIpc) is 2.68. The first-order valence-corrected chi connectivity index (χ1v) is 5.85. The van der Waals surface area contributed by atoms with Crippen molar-refractivity contribution < 1.29 is 9.84 Å². The number of ether oxygens (including phenoxy) is 1. The Balaban J connectivity index is 2.48. The van der Waals surface area contributed by atoms with Gasteiger partial charge in [0.2, 0.25) is 11.8 Å². The lowest BCUT2D eigenvalue weighted by atomic mass is 10.3. The Morgan fingerprint density at radius 2 is 2.31 bits per heavy atom. The summed E-state index contributed by atoms with van der Waals surface area (Å²) in [4.78, 5) is 10.2. The van der Waals surface area contributed by atoms with Gasteiger partial charge in [0.15, 0.2) is 0 Å². The Morgan fingerprint density at radius 3 is 3.00 bits per heavy atom. The van der Waals surface area contributed by atoms with Crippen LogP contribution in [0.5, 0.6) is 5.88 Å². The largest absolute Gasteiger partial charge is 0.475 e. The van der Waals surface area contributed by atoms with Crippen molar-refractivity contribution in [2.24, 2.45) is 0 Å². The second kappa shape index (κ2) is 4.63. The smallest absolute Gasteiger partial charge is 0.227 e. The lowest BCUT2D eigenvalue weighted by molar-refractivity contribution is 0.198. The molecule has 2 heterocycles. The van der Waals surface area contributed by atoms with E-state index in [1.807, 2.05) is 6.07 Å². The van der Waals surface area contributed by atoms with Gasteiger partial charge in [-0.25, -0.2) is 4.98 Å². The number of anilines is 1. The molecule has 0 atom stereocenters. The lowest BCUT2D eigenvalue weighted by Crippen LogP contribution is -2.05. The summed E-state index contributed by atoms with van der Waals surface area (Å²) in [7, 11) is 0. The molecule has 0 aromatic carbocycles. The van der Waals surface area contributed by atoms with E-state index in [0.29, 0.717) is 5.88 Å². The quantitative estimate of drug-likeness (QED) is 0.838. The Kier molecular flexibility index (Phi) is 3.21. The van der Waals surface area contributed by atoms with Gasteiger partial charge in [-0.3, -0.25) is 0 Å². The highest BCUT2D eigenvalue weighted by Gasteiger charge is 2.10. The standard InChI is InChI=1S/C10H13N3O2S/c1-2-6-5-7-8(15-4-3-14)12-10(11)13-9(7)16-6/h5,14H,2-4H2,1H3,(H2,11,12,13). The lowest BCUT2D eigenvalue weighted by Gasteiger charge is -2.04. The maximum atomic E-state index is 8.72. The first kappa shape index (κ1) is 11.1. The Hall–Kier alpha value is -1.40. The molecule has 86 valence electrons. The molecule has 0 amide bonds. The van der Waals surface area contributed by atoms with Crippen LogP contribution in [0.2, 0.25) is 0 Å². The minimum Gasteiger partial charge on any atom is -0.475 e. The molecule has 2 aromatic heterocycles. The highest BCUT2D eigenvalue weighted by molar-refractivity contribution is 7.18. The fraction of sp³-hybridized carbons (Fsp3) is 0.400. The Morgan fingerprint density at radius 1 is 1.50 bits per heavy atom. The highest BCUT2D eigenvalue weighted by atomic mass is 32.1. The van der Waals surface area contributed by atoms with Crippen molar-refractivity contribution in [3.05, 3.63) is 10.9 Å². The summed E-state index contributed by atoms with van der Waals surface area (Å²) >= 11 is 1.59. The molecule has 0 aliphatic heterocycles. The van der Waals surface area contributed by atoms with E-state index in [-0.39, 0.29) is 19.2 Å². The number of aromatic nitrogens is 2. The summed E-state index contributed by atoms with van der Waals surface area (Å²) in [5.74, 6) is 0.650. The maximum Gasteiger partial charge on any atom is 0.227 e. The van der Waals surface area contributed by atoms with Crippen LogP contribution in [0.4, 0.5) is 5.95 Å². The molecule has 0 aliphatic rings. The van der Waals surface area contributed by atoms with E-state index in [0.717, 1.165) is 16.6 Å². The van der Waals surface area contributed by atoms with Crippen molar-refractivity contribution in [1.82, 2.24) is 9.97 Å². The summed E-state index contributed by atoms with van der Waals surface area (Å²) < 4.78 is 5.33. The fourth-order valence-corrected chi connectivity index (χ4v) is 2.35. The monoisotopic (exact) mass is 239 g/mol. The van der Waals surface area contributed by atoms with Crippen molar-refractivity contribution in [2.45, 2.75) is 13.3 Å². The number of hydrogen-bond acceptors (Lipinski definition) is 6. The summed E-state index contributed by atoms with van der Waals surface area (Å²) in [5, 5.41) is 9.59. The molecule has 3 N–H and O–H groups in total. The molecular formula is C10H13N3O2S. The van der Waals surface area contributed by atoms with Gasteiger partial charge < -0.3 is 15.6 Å². The third-order valence-corrected chi connectivity index (χ3v) is 3.28. The van der Waals surface area contributed by atoms with Gasteiger partial charge in [0.05, 0.1) is 12.0 Å². The van der Waals surface area contributed by atoms with Gasteiger partial charge in [0.25, 0.3) is 0 Å². The number of nitrogen functional groups attached to an aromatic ring is 1. The van der Waals surface area contributed by atoms with Gasteiger partial charge in [-0.15, -0.1) is 11.3 Å². The number of rotatable bonds is 4. The molecule has 0 fully saturated rings. The molecule has 16 heavy (non-hydrogen) atoms. The van der Waals surface area contributed by atoms with E-state index in [2.05, 4.69) is 16.9 Å². The number of nitrogens with zero attached hydrogens (tertiary/aromatic N) is 2. The number of hydrogen-bond donors (Lipinski definition) is 2. The summed E-state index contributed by atoms with van der Waals surface area (Å²) in [6, 6.07) is 2.01. The predicted octanol–water partition coefficient (Wildman–Crippen LogP) is 1.21. The predicted molar refractivity (Wildman–Crippen MR) is 63.8 cm³/mol. The first-order valence-electron chi connectivity index (χ1n) is 5.04. The highest BCUT2D eigenvalue weighted by Crippen LogP contribution is 2.31. The van der Waals surface area contributed by atoms with Crippen LogP contribution in [0.3, 0.4) is 0 Å². The molecule has 0 bridgehead atoms. The van der Waals surface area contributed by atoms with Crippen molar-refractivity contribution in [2.75, 3.05) is 18.9 Å². The van der Waals surface area contributed by atoms with Crippen molar-refractivity contribution in [3.8, 4) is 5.88 Å². The zero-order valence-electron chi connectivity index (χ0n) is 8.93. The third kappa shape index (κ3) is 2.07. The van der Waals surface area contributed by atoms with Crippen LogP contribution in [0.1, 0.15) is 11.8 Å². The van der Waals surface area contributed by atoms with Crippen LogP contribution < -0.4 is 10.5 Å². The molecular weight excluding hydrogens is 226 g/mol. The normalized spacial score (nSPS) is 10.9. The van der Waals surface area contributed by atoms with Gasteiger partial charge in [-0.05, 0) is 12.5 Å². The summed E-state index contributed by atoms with van der Waals surface area (Å²) in [5.41, 5.74) is 5.59. The van der Waals surface area contributed by atoms with E-state index in [1.165, 1.54) is 4.88 Å². The van der Waals surface area contributed by atoms with Gasteiger partial charge in [0, 0.05) is 4.88 Å². The molecule has 2 rings (SSSR count). The van der Waals surface area contributed by atoms with E-state index in [1.54, 1.807) is 11.3 Å². The molecule has 6 heteroatoms. The molecule has 0 saturated carbocycles. The van der Waals surface area contributed by atoms with Gasteiger partial charge in [0.1, 0.15) is 11.4 Å². The van der Waals surface area contributed by atoms with E-state index >= 15 is 0 Å². The molecule has 0 spiro atoms. The van der Waals surface area contributed by atoms with E-state index in [4.69, 9.17) is 15.6 Å². The van der Waals surface area contributed by atoms with Gasteiger partial charge >= 0.3 is 0 Å². The molecule has 0 radical (unpaired) electrons. The van der Waals surface area contributed by atoms with Crippen molar-refractivity contribution >= 4 is 27.5 Å². The molecule has 0 unspecified atom stereocenters. The number of thiophene rings is 1. The number of aryl methyl sites for hydroxylation is 1. The van der Waals surface area contributed by atoms with E-state index in [9.17, 15) is 0 Å². The van der Waals surface area contributed by atoms with Crippen LogP contribution in [0, 0.1) is 0 Å². The molecule has 5 nitrogen and oxygen atoms in total. The minimum absolute atomic E-state index is 0.0455. The number of nitrogens with two attached hydrogens (primary N) is 1. The van der Waals surface area contributed by atoms with Gasteiger partial charge in [-0.2, -0.15) is 4.98 Å². The van der Waals surface area contributed by atoms with Crippen LogP contribution in [-0.2, 0) is 6.42 Å². The topological polar surface area (TPSA) is 81.3 Å². The number of aliphatic hydroxyl groups excluding tert-OH is 1. The third-order valence-electron chi connectivity index (χ3n) is 2.10. The van der Waals surface area contributed by atoms with E-state index < -0.39 is 0 Å². The second-order valence-electron chi connectivity index (χ2n) is 3.24. The summed E-state index contributed by atoms with van der Waals surface area (Å²) in [6.45, 7) is 2.24. The average molecular weight is 239 g/mol. The van der Waals surface area contributed by atoms with Gasteiger partial charge in [-0.1, -0.05) is 6.92 Å². The second-order valence-corrected chi connectivity index (χ2v) is 4.36. The molecule has 2 aromatic rings. The maximum absolute atomic E-state index is 8.72. The van der Waals surface area contributed by atoms with Crippen LogP contribution in [0.25, 0.3) is 10.2 Å². The van der Waals surface area contributed by atoms with Crippen molar-refractivity contribution in [3.63, 3.8) is 0 Å². The Labute approximate surface area is 96.9 Å². The van der Waals surface area contributed by atoms with Crippen LogP contribution in [-0.4, -0.2) is 28.3 Å². The fourth-order valence-electron chi connectivity index (χ4n) is 1.39. The minimum atomic E-state index is -0.0455. The molecule has 0 saturated heterocycles.